The number of nitrogens with one attached hydrogen (secondary N) is 3. The summed E-state index contributed by atoms with van der Waals surface area (Å²) in [6.45, 7) is 7.14. The highest BCUT2D eigenvalue weighted by Gasteiger charge is 2.07. The SMILES string of the molecule is O=C(O)CCNCc1ccc(CN(CCNCc2ccccn2)CCNCc2ccccn2)cc1. The number of rotatable bonds is 17. The predicted octanol–water partition coefficient (Wildman–Crippen LogP) is 2.42. The van der Waals surface area contributed by atoms with Gasteiger partial charge in [-0.3, -0.25) is 19.7 Å². The van der Waals surface area contributed by atoms with Gasteiger partial charge in [0.25, 0.3) is 0 Å². The van der Waals surface area contributed by atoms with Crippen molar-refractivity contribution in [2.45, 2.75) is 32.6 Å². The molecule has 0 atom stereocenters. The van der Waals surface area contributed by atoms with Crippen molar-refractivity contribution >= 4 is 5.97 Å². The van der Waals surface area contributed by atoms with E-state index >= 15 is 0 Å². The van der Waals surface area contributed by atoms with Crippen LogP contribution in [-0.4, -0.2) is 58.7 Å². The van der Waals surface area contributed by atoms with Crippen LogP contribution in [0.3, 0.4) is 0 Å². The molecule has 0 aliphatic heterocycles. The number of nitrogens with zero attached hydrogens (tertiary/aromatic N) is 3. The van der Waals surface area contributed by atoms with Gasteiger partial charge < -0.3 is 21.1 Å². The maximum absolute atomic E-state index is 10.6. The lowest BCUT2D eigenvalue weighted by atomic mass is 10.1. The highest BCUT2D eigenvalue weighted by atomic mass is 16.4. The highest BCUT2D eigenvalue weighted by molar-refractivity contribution is 5.66. The summed E-state index contributed by atoms with van der Waals surface area (Å²) in [5.41, 5.74) is 4.50. The van der Waals surface area contributed by atoms with Gasteiger partial charge in [-0.1, -0.05) is 36.4 Å². The lowest BCUT2D eigenvalue weighted by Gasteiger charge is -2.23. The second kappa shape index (κ2) is 15.7. The zero-order valence-electron chi connectivity index (χ0n) is 20.2. The molecule has 0 amide bonds. The first kappa shape index (κ1) is 26.4. The van der Waals surface area contributed by atoms with Gasteiger partial charge in [0.05, 0.1) is 17.8 Å². The average molecular weight is 477 g/mol. The Morgan fingerprint density at radius 1 is 0.714 bits per heavy atom. The van der Waals surface area contributed by atoms with Crippen LogP contribution in [0.15, 0.2) is 73.1 Å². The summed E-state index contributed by atoms with van der Waals surface area (Å²) in [6.07, 6.45) is 3.78. The third kappa shape index (κ3) is 11.2. The zero-order chi connectivity index (χ0) is 24.6. The van der Waals surface area contributed by atoms with Gasteiger partial charge in [0, 0.05) is 71.3 Å². The van der Waals surface area contributed by atoms with Crippen LogP contribution >= 0.6 is 0 Å². The van der Waals surface area contributed by atoms with Crippen LogP contribution in [0.5, 0.6) is 0 Å². The van der Waals surface area contributed by atoms with Gasteiger partial charge in [-0.25, -0.2) is 0 Å². The molecule has 0 unspecified atom stereocenters. The largest absolute Gasteiger partial charge is 0.481 e. The van der Waals surface area contributed by atoms with E-state index in [2.05, 4.69) is 55.1 Å². The van der Waals surface area contributed by atoms with Crippen LogP contribution in [-0.2, 0) is 31.0 Å². The van der Waals surface area contributed by atoms with E-state index in [4.69, 9.17) is 5.11 Å². The number of pyridine rings is 2. The maximum Gasteiger partial charge on any atom is 0.304 e. The van der Waals surface area contributed by atoms with Gasteiger partial charge in [-0.15, -0.1) is 0 Å². The molecule has 0 radical (unpaired) electrons. The van der Waals surface area contributed by atoms with E-state index in [1.165, 1.54) is 5.56 Å². The summed E-state index contributed by atoms with van der Waals surface area (Å²) >= 11 is 0. The van der Waals surface area contributed by atoms with E-state index in [0.717, 1.165) is 62.8 Å². The molecule has 2 heterocycles. The van der Waals surface area contributed by atoms with Crippen LogP contribution in [0.4, 0.5) is 0 Å². The molecule has 3 rings (SSSR count). The van der Waals surface area contributed by atoms with Crippen molar-refractivity contribution < 1.29 is 9.90 Å². The third-order valence-electron chi connectivity index (χ3n) is 5.55. The van der Waals surface area contributed by atoms with Crippen molar-refractivity contribution in [3.8, 4) is 0 Å². The monoisotopic (exact) mass is 476 g/mol. The molecule has 8 heteroatoms. The van der Waals surface area contributed by atoms with E-state index in [0.29, 0.717) is 13.1 Å². The van der Waals surface area contributed by atoms with Crippen molar-refractivity contribution in [1.82, 2.24) is 30.8 Å². The Bertz CT molecular complexity index is 922. The van der Waals surface area contributed by atoms with Crippen LogP contribution in [0.25, 0.3) is 0 Å². The van der Waals surface area contributed by atoms with Crippen molar-refractivity contribution in [3.63, 3.8) is 0 Å². The second-order valence-corrected chi connectivity index (χ2v) is 8.41. The number of aliphatic carboxylic acids is 1. The molecule has 35 heavy (non-hydrogen) atoms. The van der Waals surface area contributed by atoms with Crippen molar-refractivity contribution in [3.05, 3.63) is 95.6 Å². The Hall–Kier alpha value is -3.17. The molecule has 0 bridgehead atoms. The van der Waals surface area contributed by atoms with Crippen LogP contribution in [0.1, 0.15) is 28.9 Å². The first-order chi connectivity index (χ1) is 17.2. The smallest absolute Gasteiger partial charge is 0.304 e. The molecular weight excluding hydrogens is 440 g/mol. The summed E-state index contributed by atoms with van der Waals surface area (Å²) in [4.78, 5) is 21.8. The molecule has 0 saturated carbocycles. The van der Waals surface area contributed by atoms with E-state index in [-0.39, 0.29) is 6.42 Å². The molecular formula is C27H36N6O2. The molecule has 0 fully saturated rings. The maximum atomic E-state index is 10.6. The van der Waals surface area contributed by atoms with Crippen LogP contribution < -0.4 is 16.0 Å². The van der Waals surface area contributed by atoms with Gasteiger partial charge >= 0.3 is 5.97 Å². The van der Waals surface area contributed by atoms with Crippen LogP contribution in [0, 0.1) is 0 Å². The molecule has 0 aliphatic carbocycles. The molecule has 2 aromatic heterocycles. The second-order valence-electron chi connectivity index (χ2n) is 8.41. The summed E-state index contributed by atoms with van der Waals surface area (Å²) < 4.78 is 0. The number of hydrogen-bond acceptors (Lipinski definition) is 7. The Kier molecular flexibility index (Phi) is 11.8. The minimum absolute atomic E-state index is 0.135. The quantitative estimate of drug-likeness (QED) is 0.220. The molecule has 186 valence electrons. The molecule has 1 aromatic carbocycles. The number of hydrogen-bond donors (Lipinski definition) is 4. The van der Waals surface area contributed by atoms with Crippen LogP contribution in [0.2, 0.25) is 0 Å². The van der Waals surface area contributed by atoms with Gasteiger partial charge in [-0.2, -0.15) is 0 Å². The standard InChI is InChI=1S/C27H36N6O2/c34-27(35)11-14-28-19-23-7-9-24(10-8-23)22-33(17-15-29-20-25-5-1-3-12-31-25)18-16-30-21-26-6-2-4-13-32-26/h1-10,12-13,28-30H,11,14-22H2,(H,34,35). The molecule has 0 aliphatic rings. The number of carbonyl (C=O) groups is 1. The van der Waals surface area contributed by atoms with E-state index in [9.17, 15) is 4.79 Å². The summed E-state index contributed by atoms with van der Waals surface area (Å²) in [6, 6.07) is 20.5. The minimum Gasteiger partial charge on any atom is -0.481 e. The Morgan fingerprint density at radius 2 is 1.26 bits per heavy atom. The topological polar surface area (TPSA) is 102 Å². The minimum atomic E-state index is -0.781. The van der Waals surface area contributed by atoms with Crippen molar-refractivity contribution in [2.75, 3.05) is 32.7 Å². The molecule has 4 N–H and O–H groups in total. The first-order valence-electron chi connectivity index (χ1n) is 12.1. The van der Waals surface area contributed by atoms with Crippen molar-refractivity contribution in [1.29, 1.82) is 0 Å². The fourth-order valence-electron chi connectivity index (χ4n) is 3.63. The van der Waals surface area contributed by atoms with E-state index < -0.39 is 5.97 Å². The number of carboxylic acid groups (broad SMARTS) is 1. The lowest BCUT2D eigenvalue weighted by molar-refractivity contribution is -0.136. The Labute approximate surface area is 207 Å². The summed E-state index contributed by atoms with van der Waals surface area (Å²) in [5, 5.41) is 18.9. The Morgan fingerprint density at radius 3 is 1.77 bits per heavy atom. The molecule has 0 saturated heterocycles. The fraction of sp³-hybridized carbons (Fsp3) is 0.370. The number of carboxylic acids is 1. The van der Waals surface area contributed by atoms with Gasteiger partial charge in [0.15, 0.2) is 0 Å². The summed E-state index contributed by atoms with van der Waals surface area (Å²) in [7, 11) is 0. The summed E-state index contributed by atoms with van der Waals surface area (Å²) in [5.74, 6) is -0.781. The first-order valence-corrected chi connectivity index (χ1v) is 12.1. The molecule has 8 nitrogen and oxygen atoms in total. The fourth-order valence-corrected chi connectivity index (χ4v) is 3.63. The number of benzene rings is 1. The lowest BCUT2D eigenvalue weighted by Crippen LogP contribution is -2.36. The zero-order valence-corrected chi connectivity index (χ0v) is 20.2. The van der Waals surface area contributed by atoms with Gasteiger partial charge in [0.1, 0.15) is 0 Å². The van der Waals surface area contributed by atoms with E-state index in [1.54, 1.807) is 0 Å². The normalized spacial score (nSPS) is 11.1. The molecule has 3 aromatic rings. The average Bonchev–Trinajstić information content (AvgIpc) is 2.89. The van der Waals surface area contributed by atoms with Gasteiger partial charge in [0.2, 0.25) is 0 Å². The third-order valence-corrected chi connectivity index (χ3v) is 5.55. The van der Waals surface area contributed by atoms with E-state index in [1.807, 2.05) is 48.8 Å². The van der Waals surface area contributed by atoms with Gasteiger partial charge in [-0.05, 0) is 35.4 Å². The predicted molar refractivity (Wildman–Crippen MR) is 138 cm³/mol. The highest BCUT2D eigenvalue weighted by Crippen LogP contribution is 2.08. The van der Waals surface area contributed by atoms with Crippen molar-refractivity contribution in [2.24, 2.45) is 0 Å². The Balaban J connectivity index is 1.45. The molecule has 0 spiro atoms. The number of aromatic nitrogens is 2.